The first-order valence-corrected chi connectivity index (χ1v) is 14.8. The number of allylic oxidation sites excluding steroid dienone is 7. The molecule has 0 bridgehead atoms. The predicted molar refractivity (Wildman–Crippen MR) is 168 cm³/mol. The molecular weight excluding hydrogens is 499 g/mol. The Kier molecular flexibility index (Phi) is 13.0. The van der Waals surface area contributed by atoms with Crippen LogP contribution in [0.15, 0.2) is 88.4 Å². The molecule has 220 valence electrons. The van der Waals surface area contributed by atoms with Gasteiger partial charge in [-0.25, -0.2) is 4.39 Å². The third kappa shape index (κ3) is 9.29. The molecule has 6 heteroatoms. The maximum absolute atomic E-state index is 15.1. The van der Waals surface area contributed by atoms with Gasteiger partial charge in [0, 0.05) is 67.7 Å². The molecule has 0 aromatic heterocycles. The summed E-state index contributed by atoms with van der Waals surface area (Å²) in [5.74, 6) is -0.0626. The Morgan fingerprint density at radius 3 is 2.20 bits per heavy atom. The van der Waals surface area contributed by atoms with Gasteiger partial charge in [0.15, 0.2) is 5.78 Å². The van der Waals surface area contributed by atoms with E-state index in [1.54, 1.807) is 4.90 Å². The zero-order valence-electron chi connectivity index (χ0n) is 26.3. The normalized spacial score (nSPS) is 20.3. The lowest BCUT2D eigenvalue weighted by Gasteiger charge is -2.38. The van der Waals surface area contributed by atoms with Gasteiger partial charge >= 0.3 is 0 Å². The molecule has 0 spiro atoms. The summed E-state index contributed by atoms with van der Waals surface area (Å²) in [5, 5.41) is 0. The summed E-state index contributed by atoms with van der Waals surface area (Å²) >= 11 is 0. The molecule has 2 heterocycles. The van der Waals surface area contributed by atoms with Crippen molar-refractivity contribution in [3.8, 4) is 0 Å². The fourth-order valence-electron chi connectivity index (χ4n) is 4.62. The van der Waals surface area contributed by atoms with Gasteiger partial charge in [-0.1, -0.05) is 45.9 Å². The minimum atomic E-state index is -0.437. The van der Waals surface area contributed by atoms with Crippen molar-refractivity contribution in [3.05, 3.63) is 83.4 Å². The van der Waals surface area contributed by atoms with E-state index in [2.05, 4.69) is 83.1 Å². The summed E-state index contributed by atoms with van der Waals surface area (Å²) in [5.41, 5.74) is 4.40. The minimum absolute atomic E-state index is 0.139. The van der Waals surface area contributed by atoms with Crippen LogP contribution in [0, 0.1) is 11.8 Å². The lowest BCUT2D eigenvalue weighted by Crippen LogP contribution is -2.48. The number of aliphatic imine (C=N–C) groups is 1. The minimum Gasteiger partial charge on any atom is -0.369 e. The van der Waals surface area contributed by atoms with E-state index in [4.69, 9.17) is 4.99 Å². The van der Waals surface area contributed by atoms with Crippen LogP contribution in [0.2, 0.25) is 0 Å². The van der Waals surface area contributed by atoms with E-state index >= 15 is 4.39 Å². The molecule has 0 saturated carbocycles. The summed E-state index contributed by atoms with van der Waals surface area (Å²) < 4.78 is 15.1. The summed E-state index contributed by atoms with van der Waals surface area (Å²) in [6.45, 7) is 26.6. The molecule has 0 radical (unpaired) electrons. The van der Waals surface area contributed by atoms with Crippen molar-refractivity contribution in [2.24, 2.45) is 16.8 Å². The molecule has 40 heavy (non-hydrogen) atoms. The van der Waals surface area contributed by atoms with Crippen LogP contribution in [0.1, 0.15) is 75.2 Å². The van der Waals surface area contributed by atoms with Gasteiger partial charge in [0.25, 0.3) is 0 Å². The molecular formula is C34H51FN4O. The van der Waals surface area contributed by atoms with Gasteiger partial charge in [0.05, 0.1) is 11.4 Å². The van der Waals surface area contributed by atoms with E-state index < -0.39 is 5.83 Å². The number of rotatable bonds is 12. The molecule has 0 amide bonds. The molecule has 5 nitrogen and oxygen atoms in total. The van der Waals surface area contributed by atoms with Crippen molar-refractivity contribution in [2.75, 3.05) is 26.2 Å². The topological polar surface area (TPSA) is 39.2 Å². The smallest absolute Gasteiger partial charge is 0.154 e. The van der Waals surface area contributed by atoms with Crippen LogP contribution in [0.3, 0.4) is 0 Å². The highest BCUT2D eigenvalue weighted by Crippen LogP contribution is 2.30. The van der Waals surface area contributed by atoms with Gasteiger partial charge in [-0.2, -0.15) is 0 Å². The highest BCUT2D eigenvalue weighted by Gasteiger charge is 2.21. The average Bonchev–Trinajstić information content (AvgIpc) is 2.93. The lowest BCUT2D eigenvalue weighted by atomic mass is 10.00. The second-order valence-electron chi connectivity index (χ2n) is 11.3. The molecule has 2 rings (SSSR count). The van der Waals surface area contributed by atoms with Gasteiger partial charge in [-0.15, -0.1) is 0 Å². The zero-order chi connectivity index (χ0) is 30.0. The first kappa shape index (κ1) is 33.2. The van der Waals surface area contributed by atoms with E-state index in [9.17, 15) is 4.79 Å². The number of hydrogen-bond acceptors (Lipinski definition) is 5. The Labute approximate surface area is 242 Å². The number of ketones is 1. The highest BCUT2D eigenvalue weighted by molar-refractivity contribution is 5.99. The highest BCUT2D eigenvalue weighted by atomic mass is 19.1. The first-order chi connectivity index (χ1) is 18.9. The molecule has 0 N–H and O–H groups in total. The van der Waals surface area contributed by atoms with Crippen LogP contribution < -0.4 is 0 Å². The van der Waals surface area contributed by atoms with Crippen molar-refractivity contribution in [3.63, 3.8) is 0 Å². The summed E-state index contributed by atoms with van der Waals surface area (Å²) in [4.78, 5) is 23.9. The van der Waals surface area contributed by atoms with Gasteiger partial charge < -0.3 is 9.80 Å². The van der Waals surface area contributed by atoms with Gasteiger partial charge in [-0.05, 0) is 77.5 Å². The van der Waals surface area contributed by atoms with E-state index in [0.29, 0.717) is 23.2 Å². The summed E-state index contributed by atoms with van der Waals surface area (Å²) in [6, 6.07) is 0.554. The maximum Gasteiger partial charge on any atom is 0.154 e. The van der Waals surface area contributed by atoms with Crippen molar-refractivity contribution < 1.29 is 9.18 Å². The molecule has 2 aliphatic rings. The van der Waals surface area contributed by atoms with Crippen LogP contribution in [0.5, 0.6) is 0 Å². The third-order valence-electron chi connectivity index (χ3n) is 8.01. The van der Waals surface area contributed by atoms with Crippen LogP contribution in [-0.4, -0.2) is 58.4 Å². The fourth-order valence-corrected chi connectivity index (χ4v) is 4.62. The number of carbonyl (C=O) groups is 1. The zero-order valence-corrected chi connectivity index (χ0v) is 26.3. The summed E-state index contributed by atoms with van der Waals surface area (Å²) in [6.07, 6.45) is 14.8. The molecule has 2 unspecified atom stereocenters. The lowest BCUT2D eigenvalue weighted by molar-refractivity contribution is -0.112. The Morgan fingerprint density at radius 2 is 1.68 bits per heavy atom. The molecule has 0 aromatic rings. The SMILES string of the molecule is C=C1C(F)=CC(C(=C/C(C)=O)/N=C(/C=C\C(=C/C)N2CCN(C(C)C)CC2)C(C)CC)=CN1/C=C(/C)C(C)CC. The Balaban J connectivity index is 2.47. The average molecular weight is 551 g/mol. The van der Waals surface area contributed by atoms with Crippen LogP contribution >= 0.6 is 0 Å². The quantitative estimate of drug-likeness (QED) is 0.140. The Morgan fingerprint density at radius 1 is 1.05 bits per heavy atom. The monoisotopic (exact) mass is 550 g/mol. The summed E-state index contributed by atoms with van der Waals surface area (Å²) in [7, 11) is 0. The molecule has 0 aromatic carbocycles. The number of halogens is 1. The third-order valence-corrected chi connectivity index (χ3v) is 8.01. The first-order valence-electron chi connectivity index (χ1n) is 14.8. The van der Waals surface area contributed by atoms with Crippen molar-refractivity contribution in [1.29, 1.82) is 0 Å². The van der Waals surface area contributed by atoms with Gasteiger partial charge in [0.2, 0.25) is 0 Å². The van der Waals surface area contributed by atoms with Gasteiger partial charge in [0.1, 0.15) is 5.83 Å². The van der Waals surface area contributed by atoms with E-state index in [1.165, 1.54) is 19.1 Å². The van der Waals surface area contributed by atoms with E-state index in [-0.39, 0.29) is 17.4 Å². The number of hydrogen-bond donors (Lipinski definition) is 0. The van der Waals surface area contributed by atoms with Crippen LogP contribution in [-0.2, 0) is 4.79 Å². The largest absolute Gasteiger partial charge is 0.369 e. The Bertz CT molecular complexity index is 1130. The molecule has 0 aliphatic carbocycles. The number of piperazine rings is 1. The predicted octanol–water partition coefficient (Wildman–Crippen LogP) is 7.95. The van der Waals surface area contributed by atoms with Crippen LogP contribution in [0.25, 0.3) is 0 Å². The second kappa shape index (κ2) is 15.7. The second-order valence-corrected chi connectivity index (χ2v) is 11.3. The van der Waals surface area contributed by atoms with Crippen molar-refractivity contribution in [2.45, 2.75) is 81.2 Å². The number of carbonyl (C=O) groups excluding carboxylic acids is 1. The van der Waals surface area contributed by atoms with Gasteiger partial charge in [-0.3, -0.25) is 14.7 Å². The molecule has 2 aliphatic heterocycles. The van der Waals surface area contributed by atoms with E-state index in [0.717, 1.165) is 56.0 Å². The number of nitrogens with zero attached hydrogens (tertiary/aromatic N) is 4. The Hall–Kier alpha value is -2.99. The van der Waals surface area contributed by atoms with E-state index in [1.807, 2.05) is 19.3 Å². The molecule has 1 fully saturated rings. The van der Waals surface area contributed by atoms with Crippen LogP contribution in [0.4, 0.5) is 4.39 Å². The van der Waals surface area contributed by atoms with Crippen molar-refractivity contribution in [1.82, 2.24) is 14.7 Å². The standard InChI is InChI=1S/C34H51FN4O/c1-11-25(6)27(8)22-39-23-30(21-32(35)29(39)10)34(20-28(9)40)36-33(26(7)12-2)15-14-31(13-3)38-18-16-37(17-19-38)24(4)5/h13-15,20-26H,10-12,16-19H2,1-9H3/b15-14-,27-22-,31-13+,34-20-,36-33-. The van der Waals surface area contributed by atoms with Crippen molar-refractivity contribution >= 4 is 11.5 Å². The molecule has 1 saturated heterocycles. The maximum atomic E-state index is 15.1. The fraction of sp³-hybridized carbons (Fsp3) is 0.529. The molecule has 2 atom stereocenters.